The highest BCUT2D eigenvalue weighted by atomic mass is 16.5. The van der Waals surface area contributed by atoms with Gasteiger partial charge in [0.2, 0.25) is 5.91 Å². The largest absolute Gasteiger partial charge is 0.481 e. The Morgan fingerprint density at radius 2 is 1.90 bits per heavy atom. The molecule has 1 atom stereocenters. The van der Waals surface area contributed by atoms with Crippen LogP contribution in [0.5, 0.6) is 11.5 Å². The summed E-state index contributed by atoms with van der Waals surface area (Å²) in [4.78, 5) is 25.5. The summed E-state index contributed by atoms with van der Waals surface area (Å²) >= 11 is 0. The minimum absolute atomic E-state index is 0.0548. The Morgan fingerprint density at radius 1 is 1.21 bits per heavy atom. The number of benzene rings is 2. The number of carboxylic acids is 1. The third-order valence-electron chi connectivity index (χ3n) is 4.27. The maximum absolute atomic E-state index is 12.0. The monoisotopic (exact) mass is 393 g/mol. The van der Waals surface area contributed by atoms with Gasteiger partial charge in [-0.25, -0.2) is 0 Å². The minimum Gasteiger partial charge on any atom is -0.481 e. The molecule has 0 saturated carbocycles. The van der Waals surface area contributed by atoms with Crippen molar-refractivity contribution in [3.05, 3.63) is 48.0 Å². The minimum atomic E-state index is -1.00. The molecule has 1 unspecified atom stereocenters. The van der Waals surface area contributed by atoms with E-state index in [2.05, 4.69) is 16.4 Å². The number of carbonyl (C=O) groups is 2. The number of H-pyrrole nitrogens is 1. The number of aromatic amines is 1. The zero-order valence-electron chi connectivity index (χ0n) is 15.3. The standard InChI is InChI=1S/C20H19N5O4/c21-10-15-14-9-13(5-7-17(14)25-19(15)23)29-12-3-1-11(2-4-12)24-20(28)16(22)6-8-18(26)27/h1-5,7,9,16,25H,6,8,22-23H2,(H,24,28)(H,26,27). The van der Waals surface area contributed by atoms with Gasteiger partial charge in [0.25, 0.3) is 0 Å². The maximum Gasteiger partial charge on any atom is 0.303 e. The number of ether oxygens (including phenoxy) is 1. The summed E-state index contributed by atoms with van der Waals surface area (Å²) in [6, 6.07) is 13.0. The molecular weight excluding hydrogens is 374 g/mol. The number of nitrogens with two attached hydrogens (primary N) is 2. The molecule has 9 nitrogen and oxygen atoms in total. The van der Waals surface area contributed by atoms with Crippen LogP contribution in [0, 0.1) is 11.3 Å². The third kappa shape index (κ3) is 4.63. The number of fused-ring (bicyclic) bond motifs is 1. The van der Waals surface area contributed by atoms with Crippen LogP contribution >= 0.6 is 0 Å². The van der Waals surface area contributed by atoms with Crippen LogP contribution in [0.2, 0.25) is 0 Å². The highest BCUT2D eigenvalue weighted by Gasteiger charge is 2.15. The third-order valence-corrected chi connectivity index (χ3v) is 4.27. The SMILES string of the molecule is N#Cc1c(N)[nH]c2ccc(Oc3ccc(NC(=O)C(N)CCC(=O)O)cc3)cc12. The van der Waals surface area contributed by atoms with E-state index in [1.807, 2.05) is 0 Å². The van der Waals surface area contributed by atoms with E-state index in [9.17, 15) is 14.9 Å². The summed E-state index contributed by atoms with van der Waals surface area (Å²) < 4.78 is 5.80. The smallest absolute Gasteiger partial charge is 0.303 e. The number of nitrogens with zero attached hydrogens (tertiary/aromatic N) is 1. The Hall–Kier alpha value is -4.03. The molecule has 0 saturated heterocycles. The lowest BCUT2D eigenvalue weighted by Gasteiger charge is -2.12. The number of hydrogen-bond acceptors (Lipinski definition) is 6. The summed E-state index contributed by atoms with van der Waals surface area (Å²) in [7, 11) is 0. The van der Waals surface area contributed by atoms with E-state index in [0.717, 1.165) is 5.52 Å². The average molecular weight is 393 g/mol. The first-order chi connectivity index (χ1) is 13.9. The fourth-order valence-electron chi connectivity index (χ4n) is 2.76. The lowest BCUT2D eigenvalue weighted by Crippen LogP contribution is -2.36. The molecule has 2 aromatic carbocycles. The Labute approximate surface area is 165 Å². The molecule has 0 spiro atoms. The van der Waals surface area contributed by atoms with Crippen molar-refractivity contribution in [1.29, 1.82) is 5.26 Å². The Morgan fingerprint density at radius 3 is 2.55 bits per heavy atom. The van der Waals surface area contributed by atoms with Gasteiger partial charge in [0, 0.05) is 23.0 Å². The Bertz CT molecular complexity index is 1100. The van der Waals surface area contributed by atoms with Crippen molar-refractivity contribution in [1.82, 2.24) is 4.98 Å². The first-order valence-electron chi connectivity index (χ1n) is 8.75. The second-order valence-corrected chi connectivity index (χ2v) is 6.39. The average Bonchev–Trinajstić information content (AvgIpc) is 3.01. The second-order valence-electron chi connectivity index (χ2n) is 6.39. The molecule has 0 radical (unpaired) electrons. The fraction of sp³-hybridized carbons (Fsp3) is 0.150. The van der Waals surface area contributed by atoms with Crippen LogP contribution in [0.1, 0.15) is 18.4 Å². The van der Waals surface area contributed by atoms with Crippen molar-refractivity contribution >= 4 is 34.3 Å². The van der Waals surface area contributed by atoms with Crippen LogP contribution in [0.4, 0.5) is 11.5 Å². The zero-order valence-corrected chi connectivity index (χ0v) is 15.3. The topological polar surface area (TPSA) is 167 Å². The van der Waals surface area contributed by atoms with Gasteiger partial charge in [0.05, 0.1) is 6.04 Å². The van der Waals surface area contributed by atoms with Crippen LogP contribution in [-0.4, -0.2) is 28.0 Å². The van der Waals surface area contributed by atoms with Crippen molar-refractivity contribution in [3.63, 3.8) is 0 Å². The van der Waals surface area contributed by atoms with Gasteiger partial charge in [-0.2, -0.15) is 5.26 Å². The van der Waals surface area contributed by atoms with Crippen LogP contribution in [-0.2, 0) is 9.59 Å². The van der Waals surface area contributed by atoms with Gasteiger partial charge in [0.15, 0.2) is 0 Å². The molecule has 1 heterocycles. The molecule has 29 heavy (non-hydrogen) atoms. The van der Waals surface area contributed by atoms with E-state index in [1.165, 1.54) is 0 Å². The number of nitriles is 1. The lowest BCUT2D eigenvalue weighted by atomic mass is 10.1. The van der Waals surface area contributed by atoms with Gasteiger partial charge >= 0.3 is 5.97 Å². The Kier molecular flexibility index (Phi) is 5.66. The van der Waals surface area contributed by atoms with Crippen LogP contribution in [0.15, 0.2) is 42.5 Å². The number of anilines is 2. The Balaban J connectivity index is 1.66. The number of hydrogen-bond donors (Lipinski definition) is 5. The van der Waals surface area contributed by atoms with Gasteiger partial charge in [0.1, 0.15) is 28.9 Å². The highest BCUT2D eigenvalue weighted by molar-refractivity contribution is 5.95. The van der Waals surface area contributed by atoms with E-state index in [-0.39, 0.29) is 12.8 Å². The summed E-state index contributed by atoms with van der Waals surface area (Å²) in [6.07, 6.45) is -0.120. The van der Waals surface area contributed by atoms with Crippen LogP contribution < -0.4 is 21.5 Å². The number of nitrogens with one attached hydrogen (secondary N) is 2. The molecule has 7 N–H and O–H groups in total. The molecule has 0 fully saturated rings. The molecule has 9 heteroatoms. The molecule has 0 aliphatic carbocycles. The first kappa shape index (κ1) is 19.7. The van der Waals surface area contributed by atoms with E-state index in [4.69, 9.17) is 21.3 Å². The molecule has 0 bridgehead atoms. The number of rotatable bonds is 7. The van der Waals surface area contributed by atoms with E-state index in [1.54, 1.807) is 42.5 Å². The molecule has 0 aliphatic rings. The number of aromatic nitrogens is 1. The number of nitrogen functional groups attached to an aromatic ring is 1. The van der Waals surface area contributed by atoms with Crippen molar-refractivity contribution < 1.29 is 19.4 Å². The fourth-order valence-corrected chi connectivity index (χ4v) is 2.76. The molecule has 3 rings (SSSR count). The predicted molar refractivity (Wildman–Crippen MR) is 107 cm³/mol. The summed E-state index contributed by atoms with van der Waals surface area (Å²) in [6.45, 7) is 0. The van der Waals surface area contributed by atoms with E-state index >= 15 is 0 Å². The van der Waals surface area contributed by atoms with Crippen molar-refractivity contribution in [2.24, 2.45) is 5.73 Å². The molecule has 1 amide bonds. The summed E-state index contributed by atoms with van der Waals surface area (Å²) in [5, 5.41) is 21.2. The number of carboxylic acid groups (broad SMARTS) is 1. The highest BCUT2D eigenvalue weighted by Crippen LogP contribution is 2.30. The number of aliphatic carboxylic acids is 1. The van der Waals surface area contributed by atoms with Crippen LogP contribution in [0.3, 0.4) is 0 Å². The van der Waals surface area contributed by atoms with Gasteiger partial charge in [-0.3, -0.25) is 9.59 Å². The molecular formula is C20H19N5O4. The van der Waals surface area contributed by atoms with Gasteiger partial charge < -0.3 is 31.6 Å². The maximum atomic E-state index is 12.0. The van der Waals surface area contributed by atoms with Gasteiger partial charge in [-0.1, -0.05) is 0 Å². The van der Waals surface area contributed by atoms with E-state index in [0.29, 0.717) is 34.0 Å². The van der Waals surface area contributed by atoms with Crippen LogP contribution in [0.25, 0.3) is 10.9 Å². The summed E-state index contributed by atoms with van der Waals surface area (Å²) in [5.41, 5.74) is 13.1. The van der Waals surface area contributed by atoms with Gasteiger partial charge in [-0.15, -0.1) is 0 Å². The zero-order chi connectivity index (χ0) is 21.0. The van der Waals surface area contributed by atoms with E-state index < -0.39 is 17.9 Å². The van der Waals surface area contributed by atoms with Crippen molar-refractivity contribution in [2.45, 2.75) is 18.9 Å². The van der Waals surface area contributed by atoms with Gasteiger partial charge in [-0.05, 0) is 48.9 Å². The molecule has 1 aromatic heterocycles. The number of amides is 1. The molecule has 148 valence electrons. The summed E-state index contributed by atoms with van der Waals surface area (Å²) in [5.74, 6) is -0.0991. The molecule has 3 aromatic rings. The first-order valence-corrected chi connectivity index (χ1v) is 8.75. The quantitative estimate of drug-likeness (QED) is 0.411. The predicted octanol–water partition coefficient (Wildman–Crippen LogP) is 2.54. The second kappa shape index (κ2) is 8.33. The molecule has 0 aliphatic heterocycles. The van der Waals surface area contributed by atoms with Crippen molar-refractivity contribution in [2.75, 3.05) is 11.1 Å². The lowest BCUT2D eigenvalue weighted by molar-refractivity contribution is -0.137. The number of carbonyl (C=O) groups excluding carboxylic acids is 1. The van der Waals surface area contributed by atoms with Crippen molar-refractivity contribution in [3.8, 4) is 17.6 Å². The normalized spacial score (nSPS) is 11.6.